The van der Waals surface area contributed by atoms with E-state index in [9.17, 15) is 0 Å². The van der Waals surface area contributed by atoms with Crippen LogP contribution in [0.2, 0.25) is 0 Å². The summed E-state index contributed by atoms with van der Waals surface area (Å²) in [7, 11) is 3.50. The van der Waals surface area contributed by atoms with E-state index < -0.39 is 0 Å². The zero-order valence-corrected chi connectivity index (χ0v) is 13.6. The molecule has 0 saturated heterocycles. The van der Waals surface area contributed by atoms with Gasteiger partial charge in [-0.1, -0.05) is 24.6 Å². The summed E-state index contributed by atoms with van der Waals surface area (Å²) in [6.45, 7) is 4.54. The number of nitrogens with two attached hydrogens (primary N) is 1. The van der Waals surface area contributed by atoms with Crippen LogP contribution < -0.4 is 15.8 Å². The van der Waals surface area contributed by atoms with Gasteiger partial charge in [-0.15, -0.1) is 0 Å². The van der Waals surface area contributed by atoms with E-state index in [-0.39, 0.29) is 0 Å². The molecular weight excluding hydrogens is 278 g/mol. The molecule has 6 heteroatoms. The monoisotopic (exact) mass is 301 g/mol. The largest absolute Gasteiger partial charge is 0.481 e. The molecule has 2 aromatic rings. The van der Waals surface area contributed by atoms with Gasteiger partial charge in [-0.2, -0.15) is 5.10 Å². The fraction of sp³-hybridized carbons (Fsp3) is 0.375. The molecule has 0 unspecified atom stereocenters. The molecule has 6 nitrogen and oxygen atoms in total. The van der Waals surface area contributed by atoms with Crippen molar-refractivity contribution in [2.75, 3.05) is 12.4 Å². The molecule has 1 heterocycles. The maximum absolute atomic E-state index is 5.95. The van der Waals surface area contributed by atoms with E-state index in [0.29, 0.717) is 12.5 Å². The fourth-order valence-electron chi connectivity index (χ4n) is 2.29. The second-order valence-corrected chi connectivity index (χ2v) is 5.10. The number of aliphatic imine (C=N–C) groups is 1. The van der Waals surface area contributed by atoms with Crippen molar-refractivity contribution in [3.8, 4) is 5.88 Å². The standard InChI is InChI=1S/C16H23N5O/c1-5-14-13(15(22-4)21(3)20-14)10-18-16(17)19-12-8-6-11(2)7-9-12/h6-9H,5,10H2,1-4H3,(H3,17,18,19). The summed E-state index contributed by atoms with van der Waals surface area (Å²) in [5, 5.41) is 7.51. The Labute approximate surface area is 131 Å². The first-order valence-corrected chi connectivity index (χ1v) is 7.27. The lowest BCUT2D eigenvalue weighted by molar-refractivity contribution is 0.369. The number of nitrogens with zero attached hydrogens (tertiary/aromatic N) is 3. The van der Waals surface area contributed by atoms with Crippen LogP contribution in [0.5, 0.6) is 5.88 Å². The molecule has 3 N–H and O–H groups in total. The van der Waals surface area contributed by atoms with Crippen LogP contribution in [-0.2, 0) is 20.0 Å². The fourth-order valence-corrected chi connectivity index (χ4v) is 2.29. The molecular formula is C16H23N5O. The molecule has 0 bridgehead atoms. The van der Waals surface area contributed by atoms with E-state index in [1.165, 1.54) is 5.56 Å². The van der Waals surface area contributed by atoms with Crippen molar-refractivity contribution in [1.82, 2.24) is 9.78 Å². The van der Waals surface area contributed by atoms with Crippen LogP contribution in [0.15, 0.2) is 29.3 Å². The molecule has 0 aliphatic rings. The van der Waals surface area contributed by atoms with Crippen LogP contribution in [0.4, 0.5) is 5.69 Å². The molecule has 0 radical (unpaired) electrons. The maximum atomic E-state index is 5.95. The van der Waals surface area contributed by atoms with Gasteiger partial charge in [-0.05, 0) is 25.5 Å². The smallest absolute Gasteiger partial charge is 0.216 e. The van der Waals surface area contributed by atoms with Crippen molar-refractivity contribution < 1.29 is 4.74 Å². The number of benzene rings is 1. The average molecular weight is 301 g/mol. The molecule has 1 aromatic heterocycles. The lowest BCUT2D eigenvalue weighted by Crippen LogP contribution is -2.22. The first-order valence-electron chi connectivity index (χ1n) is 7.27. The minimum Gasteiger partial charge on any atom is -0.481 e. The van der Waals surface area contributed by atoms with Gasteiger partial charge in [0.1, 0.15) is 0 Å². The Balaban J connectivity index is 2.12. The third-order valence-electron chi connectivity index (χ3n) is 3.43. The van der Waals surface area contributed by atoms with E-state index in [2.05, 4.69) is 22.3 Å². The van der Waals surface area contributed by atoms with Crippen molar-refractivity contribution in [3.63, 3.8) is 0 Å². The van der Waals surface area contributed by atoms with Crippen molar-refractivity contribution >= 4 is 11.6 Å². The molecule has 1 aromatic carbocycles. The van der Waals surface area contributed by atoms with Gasteiger partial charge >= 0.3 is 0 Å². The summed E-state index contributed by atoms with van der Waals surface area (Å²) in [5.74, 6) is 1.10. The Hall–Kier alpha value is -2.50. The highest BCUT2D eigenvalue weighted by Crippen LogP contribution is 2.22. The van der Waals surface area contributed by atoms with Crippen molar-refractivity contribution in [2.24, 2.45) is 17.8 Å². The number of anilines is 1. The second kappa shape index (κ2) is 6.98. The molecule has 2 rings (SSSR count). The number of aryl methyl sites for hydroxylation is 3. The zero-order chi connectivity index (χ0) is 16.1. The number of guanidine groups is 1. The molecule has 0 spiro atoms. The topological polar surface area (TPSA) is 77.5 Å². The van der Waals surface area contributed by atoms with Gasteiger partial charge in [0.25, 0.3) is 0 Å². The number of methoxy groups -OCH3 is 1. The molecule has 22 heavy (non-hydrogen) atoms. The highest BCUT2D eigenvalue weighted by molar-refractivity contribution is 5.92. The summed E-state index contributed by atoms with van der Waals surface area (Å²) >= 11 is 0. The Morgan fingerprint density at radius 2 is 2.05 bits per heavy atom. The van der Waals surface area contributed by atoms with Gasteiger partial charge < -0.3 is 15.8 Å². The van der Waals surface area contributed by atoms with Gasteiger partial charge in [0.05, 0.1) is 24.9 Å². The number of nitrogens with one attached hydrogen (secondary N) is 1. The highest BCUT2D eigenvalue weighted by atomic mass is 16.5. The van der Waals surface area contributed by atoms with Crippen LogP contribution in [0.1, 0.15) is 23.7 Å². The number of hydrogen-bond acceptors (Lipinski definition) is 3. The van der Waals surface area contributed by atoms with Gasteiger partial charge in [0, 0.05) is 12.7 Å². The lowest BCUT2D eigenvalue weighted by atomic mass is 10.2. The molecule has 0 aliphatic carbocycles. The van der Waals surface area contributed by atoms with E-state index in [0.717, 1.165) is 29.2 Å². The summed E-state index contributed by atoms with van der Waals surface area (Å²) in [6.07, 6.45) is 0.827. The first-order chi connectivity index (χ1) is 10.5. The summed E-state index contributed by atoms with van der Waals surface area (Å²) in [6, 6.07) is 7.99. The van der Waals surface area contributed by atoms with Gasteiger partial charge in [-0.3, -0.25) is 0 Å². The average Bonchev–Trinajstić information content (AvgIpc) is 2.82. The number of ether oxygens (including phenoxy) is 1. The molecule has 118 valence electrons. The van der Waals surface area contributed by atoms with Gasteiger partial charge in [0.15, 0.2) is 5.96 Å². The Bertz CT molecular complexity index is 658. The summed E-state index contributed by atoms with van der Waals surface area (Å²) in [4.78, 5) is 4.39. The predicted molar refractivity (Wildman–Crippen MR) is 89.3 cm³/mol. The van der Waals surface area contributed by atoms with Gasteiger partial charge in [0.2, 0.25) is 5.88 Å². The molecule has 0 atom stereocenters. The molecule has 0 amide bonds. The van der Waals surface area contributed by atoms with Crippen molar-refractivity contribution in [1.29, 1.82) is 0 Å². The van der Waals surface area contributed by atoms with E-state index in [1.54, 1.807) is 11.8 Å². The first kappa shape index (κ1) is 15.9. The maximum Gasteiger partial charge on any atom is 0.216 e. The molecule has 0 saturated carbocycles. The Morgan fingerprint density at radius 3 is 2.64 bits per heavy atom. The lowest BCUT2D eigenvalue weighted by Gasteiger charge is -2.07. The molecule has 0 aliphatic heterocycles. The van der Waals surface area contributed by atoms with E-state index in [4.69, 9.17) is 10.5 Å². The van der Waals surface area contributed by atoms with Gasteiger partial charge in [-0.25, -0.2) is 9.67 Å². The van der Waals surface area contributed by atoms with Crippen LogP contribution in [0, 0.1) is 6.92 Å². The third-order valence-corrected chi connectivity index (χ3v) is 3.43. The normalized spacial score (nSPS) is 11.5. The zero-order valence-electron chi connectivity index (χ0n) is 13.6. The van der Waals surface area contributed by atoms with Crippen molar-refractivity contribution in [2.45, 2.75) is 26.8 Å². The second-order valence-electron chi connectivity index (χ2n) is 5.10. The predicted octanol–water partition coefficient (Wildman–Crippen LogP) is 2.23. The summed E-state index contributed by atoms with van der Waals surface area (Å²) in [5.41, 5.74) is 10.0. The minimum atomic E-state index is 0.372. The summed E-state index contributed by atoms with van der Waals surface area (Å²) < 4.78 is 7.12. The number of aromatic nitrogens is 2. The highest BCUT2D eigenvalue weighted by Gasteiger charge is 2.15. The van der Waals surface area contributed by atoms with E-state index in [1.807, 2.05) is 38.2 Å². The number of rotatable bonds is 5. The van der Waals surface area contributed by atoms with E-state index >= 15 is 0 Å². The number of hydrogen-bond donors (Lipinski definition) is 2. The quantitative estimate of drug-likeness (QED) is 0.656. The van der Waals surface area contributed by atoms with Crippen molar-refractivity contribution in [3.05, 3.63) is 41.1 Å². The third kappa shape index (κ3) is 3.58. The van der Waals surface area contributed by atoms with Crippen LogP contribution in [0.3, 0.4) is 0 Å². The Kier molecular flexibility index (Phi) is 5.04. The van der Waals surface area contributed by atoms with Crippen LogP contribution in [0.25, 0.3) is 0 Å². The molecule has 0 fully saturated rings. The minimum absolute atomic E-state index is 0.372. The van der Waals surface area contributed by atoms with Crippen LogP contribution >= 0.6 is 0 Å². The SMILES string of the molecule is CCc1nn(C)c(OC)c1CN=C(N)Nc1ccc(C)cc1. The van der Waals surface area contributed by atoms with Crippen LogP contribution in [-0.4, -0.2) is 22.8 Å². The Morgan fingerprint density at radius 1 is 1.36 bits per heavy atom.